The summed E-state index contributed by atoms with van der Waals surface area (Å²) in [5.41, 5.74) is 0.470. The van der Waals surface area contributed by atoms with Gasteiger partial charge in [-0.15, -0.1) is 0 Å². The molecule has 0 aliphatic rings. The van der Waals surface area contributed by atoms with E-state index in [1.807, 2.05) is 0 Å². The molecule has 1 unspecified atom stereocenters. The third-order valence-corrected chi connectivity index (χ3v) is 4.99. The number of phenols is 3. The number of rotatable bonds is 8. The van der Waals surface area contributed by atoms with Gasteiger partial charge in [-0.25, -0.2) is 4.57 Å². The number of phosphoric ester groups is 1. The molecule has 0 fully saturated rings. The van der Waals surface area contributed by atoms with Crippen LogP contribution in [0.1, 0.15) is 22.3 Å². The van der Waals surface area contributed by atoms with Crippen LogP contribution in [0, 0.1) is 0 Å². The highest BCUT2D eigenvalue weighted by Gasteiger charge is 2.25. The van der Waals surface area contributed by atoms with Crippen LogP contribution in [0.2, 0.25) is 0 Å². The van der Waals surface area contributed by atoms with Crippen molar-refractivity contribution in [3.8, 4) is 28.7 Å². The second-order valence-corrected chi connectivity index (χ2v) is 7.69. The standard InChI is InChI=1S/C21H19O8P/c22-15-12-19(24)21(20(25)13-15)18(23)11-8-14-6-9-17(10-7-14)29-30(26,27)28-16-4-2-1-3-5-16/h1-7,9-10,12-13,22,24-25H,8,11H2,(H,26,27). The van der Waals surface area contributed by atoms with Crippen LogP contribution >= 0.6 is 7.82 Å². The van der Waals surface area contributed by atoms with Crippen LogP contribution in [-0.4, -0.2) is 26.0 Å². The molecule has 0 saturated carbocycles. The molecule has 0 radical (unpaired) electrons. The van der Waals surface area contributed by atoms with Gasteiger partial charge in [0.2, 0.25) is 0 Å². The van der Waals surface area contributed by atoms with Crippen molar-refractivity contribution in [2.75, 3.05) is 0 Å². The van der Waals surface area contributed by atoms with Crippen molar-refractivity contribution in [2.24, 2.45) is 0 Å². The molecular formula is C21H19O8P. The maximum Gasteiger partial charge on any atom is 0.584 e. The molecule has 0 amide bonds. The van der Waals surface area contributed by atoms with E-state index in [1.54, 1.807) is 30.3 Å². The monoisotopic (exact) mass is 430 g/mol. The Labute approximate surface area is 172 Å². The van der Waals surface area contributed by atoms with Gasteiger partial charge in [0.05, 0.1) is 0 Å². The van der Waals surface area contributed by atoms with Crippen molar-refractivity contribution in [3.63, 3.8) is 0 Å². The van der Waals surface area contributed by atoms with Crippen LogP contribution in [0.3, 0.4) is 0 Å². The van der Waals surface area contributed by atoms with Gasteiger partial charge in [-0.05, 0) is 36.2 Å². The number of carbonyl (C=O) groups is 1. The molecule has 156 valence electrons. The number of aryl methyl sites for hydroxylation is 1. The molecule has 3 aromatic rings. The van der Waals surface area contributed by atoms with Crippen LogP contribution in [0.4, 0.5) is 0 Å². The van der Waals surface area contributed by atoms with Gasteiger partial charge in [0.15, 0.2) is 5.78 Å². The minimum absolute atomic E-state index is 0.0122. The molecule has 30 heavy (non-hydrogen) atoms. The highest BCUT2D eigenvalue weighted by molar-refractivity contribution is 7.48. The quantitative estimate of drug-likeness (QED) is 0.309. The highest BCUT2D eigenvalue weighted by atomic mass is 31.2. The minimum Gasteiger partial charge on any atom is -0.508 e. The summed E-state index contributed by atoms with van der Waals surface area (Å²) in [4.78, 5) is 22.2. The van der Waals surface area contributed by atoms with E-state index >= 15 is 0 Å². The van der Waals surface area contributed by atoms with E-state index in [4.69, 9.17) is 9.05 Å². The number of para-hydroxylation sites is 1. The normalized spacial score (nSPS) is 12.7. The van der Waals surface area contributed by atoms with Gasteiger partial charge in [0.25, 0.3) is 0 Å². The zero-order chi connectivity index (χ0) is 21.7. The molecule has 3 rings (SSSR count). The zero-order valence-corrected chi connectivity index (χ0v) is 16.5. The molecule has 0 aliphatic carbocycles. The van der Waals surface area contributed by atoms with Crippen LogP contribution in [-0.2, 0) is 11.0 Å². The average molecular weight is 430 g/mol. The number of carbonyl (C=O) groups excluding carboxylic acids is 1. The Morgan fingerprint density at radius 2 is 1.37 bits per heavy atom. The Morgan fingerprint density at radius 1 is 0.833 bits per heavy atom. The first-order chi connectivity index (χ1) is 14.2. The number of aromatic hydroxyl groups is 3. The topological polar surface area (TPSA) is 134 Å². The number of hydrogen-bond donors (Lipinski definition) is 4. The summed E-state index contributed by atoms with van der Waals surface area (Å²) in [6.07, 6.45) is 0.276. The molecule has 0 aromatic heterocycles. The molecule has 0 spiro atoms. The molecule has 0 heterocycles. The fourth-order valence-electron chi connectivity index (χ4n) is 2.75. The maximum atomic E-state index is 12.3. The predicted octanol–water partition coefficient (Wildman–Crippen LogP) is 4.18. The molecule has 0 bridgehead atoms. The Balaban J connectivity index is 1.59. The first kappa shape index (κ1) is 21.2. The number of phosphoric acid groups is 1. The van der Waals surface area contributed by atoms with Gasteiger partial charge >= 0.3 is 7.82 Å². The third-order valence-electron chi connectivity index (χ3n) is 4.11. The maximum absolute atomic E-state index is 12.3. The zero-order valence-electron chi connectivity index (χ0n) is 15.6. The van der Waals surface area contributed by atoms with Crippen molar-refractivity contribution in [1.29, 1.82) is 0 Å². The Kier molecular flexibility index (Phi) is 6.30. The lowest BCUT2D eigenvalue weighted by molar-refractivity contribution is 0.0977. The third kappa shape index (κ3) is 5.53. The van der Waals surface area contributed by atoms with Crippen molar-refractivity contribution in [1.82, 2.24) is 0 Å². The van der Waals surface area contributed by atoms with Crippen LogP contribution in [0.25, 0.3) is 0 Å². The molecular weight excluding hydrogens is 411 g/mol. The van der Waals surface area contributed by atoms with Crippen molar-refractivity contribution in [3.05, 3.63) is 77.9 Å². The fraction of sp³-hybridized carbons (Fsp3) is 0.0952. The minimum atomic E-state index is -4.37. The molecule has 0 aliphatic heterocycles. The summed E-state index contributed by atoms with van der Waals surface area (Å²) in [6.45, 7) is 0. The summed E-state index contributed by atoms with van der Waals surface area (Å²) >= 11 is 0. The average Bonchev–Trinajstić information content (AvgIpc) is 2.67. The van der Waals surface area contributed by atoms with E-state index in [2.05, 4.69) is 0 Å². The number of phenolic OH excluding ortho intramolecular Hbond substituents is 3. The Hall–Kier alpha value is -3.48. The van der Waals surface area contributed by atoms with E-state index < -0.39 is 25.1 Å². The Morgan fingerprint density at radius 3 is 1.93 bits per heavy atom. The van der Waals surface area contributed by atoms with Gasteiger partial charge in [-0.2, -0.15) is 0 Å². The fourth-order valence-corrected chi connectivity index (χ4v) is 3.56. The first-order valence-corrected chi connectivity index (χ1v) is 10.4. The summed E-state index contributed by atoms with van der Waals surface area (Å²) < 4.78 is 22.1. The summed E-state index contributed by atoms with van der Waals surface area (Å²) in [5, 5.41) is 28.8. The lowest BCUT2D eigenvalue weighted by Crippen LogP contribution is -2.02. The van der Waals surface area contributed by atoms with E-state index in [9.17, 15) is 29.6 Å². The van der Waals surface area contributed by atoms with Crippen LogP contribution < -0.4 is 9.05 Å². The lowest BCUT2D eigenvalue weighted by atomic mass is 10.0. The Bertz CT molecular complexity index is 1060. The van der Waals surface area contributed by atoms with E-state index in [1.165, 1.54) is 24.3 Å². The molecule has 1 atom stereocenters. The molecule has 0 saturated heterocycles. The lowest BCUT2D eigenvalue weighted by Gasteiger charge is -2.14. The molecule has 8 nitrogen and oxygen atoms in total. The van der Waals surface area contributed by atoms with Crippen molar-refractivity contribution in [2.45, 2.75) is 12.8 Å². The summed E-state index contributed by atoms with van der Waals surface area (Å²) in [5.74, 6) is -1.55. The summed E-state index contributed by atoms with van der Waals surface area (Å²) in [7, 11) is -4.37. The van der Waals surface area contributed by atoms with Gasteiger partial charge in [-0.1, -0.05) is 30.3 Å². The first-order valence-electron chi connectivity index (χ1n) is 8.87. The number of hydrogen-bond acceptors (Lipinski definition) is 7. The smallest absolute Gasteiger partial charge is 0.508 e. The van der Waals surface area contributed by atoms with Crippen LogP contribution in [0.15, 0.2) is 66.7 Å². The van der Waals surface area contributed by atoms with E-state index in [0.717, 1.165) is 17.7 Å². The second-order valence-electron chi connectivity index (χ2n) is 6.39. The van der Waals surface area contributed by atoms with E-state index in [-0.39, 0.29) is 35.7 Å². The SMILES string of the molecule is O=C(CCc1ccc(OP(=O)(O)Oc2ccccc2)cc1)c1c(O)cc(O)cc1O. The second kappa shape index (κ2) is 8.90. The predicted molar refractivity (Wildman–Crippen MR) is 108 cm³/mol. The number of Topliss-reactive ketones (excluding diaryl/α,β-unsaturated/α-hetero) is 1. The summed E-state index contributed by atoms with van der Waals surface area (Å²) in [6, 6.07) is 16.2. The molecule has 4 N–H and O–H groups in total. The number of benzene rings is 3. The van der Waals surface area contributed by atoms with Gasteiger partial charge in [0, 0.05) is 18.6 Å². The molecule has 3 aromatic carbocycles. The van der Waals surface area contributed by atoms with Crippen molar-refractivity contribution < 1.29 is 38.6 Å². The van der Waals surface area contributed by atoms with Gasteiger partial charge in [0.1, 0.15) is 34.3 Å². The van der Waals surface area contributed by atoms with Crippen molar-refractivity contribution >= 4 is 13.6 Å². The number of ketones is 1. The van der Waals surface area contributed by atoms with E-state index in [0.29, 0.717) is 0 Å². The van der Waals surface area contributed by atoms with Gasteiger partial charge < -0.3 is 24.4 Å². The van der Waals surface area contributed by atoms with Crippen LogP contribution in [0.5, 0.6) is 28.7 Å². The largest absolute Gasteiger partial charge is 0.584 e. The molecule has 9 heteroatoms. The van der Waals surface area contributed by atoms with Gasteiger partial charge in [-0.3, -0.25) is 9.69 Å². The highest BCUT2D eigenvalue weighted by Crippen LogP contribution is 2.44.